The summed E-state index contributed by atoms with van der Waals surface area (Å²) in [5, 5.41) is 5.97. The Morgan fingerprint density at radius 3 is 2.67 bits per heavy atom. The first-order valence-electron chi connectivity index (χ1n) is 9.83. The Morgan fingerprint density at radius 2 is 1.97 bits per heavy atom. The van der Waals surface area contributed by atoms with Crippen LogP contribution in [0.15, 0.2) is 31.0 Å². The number of halogens is 3. The van der Waals surface area contributed by atoms with Crippen molar-refractivity contribution in [1.82, 2.24) is 35.1 Å². The summed E-state index contributed by atoms with van der Waals surface area (Å²) < 4.78 is 38.5. The molecule has 11 heteroatoms. The van der Waals surface area contributed by atoms with E-state index in [4.69, 9.17) is 0 Å². The summed E-state index contributed by atoms with van der Waals surface area (Å²) in [6, 6.07) is 1.77. The molecule has 0 radical (unpaired) electrons. The Kier molecular flexibility index (Phi) is 5.71. The van der Waals surface area contributed by atoms with E-state index >= 15 is 0 Å². The molecule has 1 fully saturated rings. The summed E-state index contributed by atoms with van der Waals surface area (Å²) in [5.74, 6) is 0.0435. The molecule has 3 N–H and O–H groups in total. The van der Waals surface area contributed by atoms with Crippen molar-refractivity contribution >= 4 is 16.9 Å². The average Bonchev–Trinajstić information content (AvgIpc) is 3.39. The number of carbonyl (C=O) groups is 1. The van der Waals surface area contributed by atoms with Crippen molar-refractivity contribution < 1.29 is 18.0 Å². The van der Waals surface area contributed by atoms with Crippen LogP contribution in [0.2, 0.25) is 0 Å². The summed E-state index contributed by atoms with van der Waals surface area (Å²) in [7, 11) is 0. The quantitative estimate of drug-likeness (QED) is 0.568. The van der Waals surface area contributed by atoms with E-state index < -0.39 is 12.6 Å². The van der Waals surface area contributed by atoms with Crippen LogP contribution in [0.1, 0.15) is 42.6 Å². The lowest BCUT2D eigenvalue weighted by Gasteiger charge is -2.29. The minimum absolute atomic E-state index is 0.0440. The monoisotopic (exact) mass is 421 g/mol. The van der Waals surface area contributed by atoms with Gasteiger partial charge in [-0.05, 0) is 31.7 Å². The zero-order chi connectivity index (χ0) is 21.1. The van der Waals surface area contributed by atoms with Crippen molar-refractivity contribution in [3.05, 3.63) is 36.7 Å². The molecule has 0 atom stereocenters. The molecule has 1 aliphatic carbocycles. The maximum Gasteiger partial charge on any atom is 0.390 e. The molecule has 8 nitrogen and oxygen atoms in total. The fourth-order valence-electron chi connectivity index (χ4n) is 3.70. The molecule has 160 valence electrons. The van der Waals surface area contributed by atoms with Gasteiger partial charge in [0, 0.05) is 37.2 Å². The number of hydrogen-bond acceptors (Lipinski definition) is 5. The number of nitrogens with zero attached hydrogens (tertiary/aromatic N) is 4. The predicted octanol–water partition coefficient (Wildman–Crippen LogP) is 2.73. The second-order valence-electron chi connectivity index (χ2n) is 7.42. The van der Waals surface area contributed by atoms with Gasteiger partial charge in [-0.2, -0.15) is 13.2 Å². The van der Waals surface area contributed by atoms with E-state index in [2.05, 4.69) is 30.6 Å². The van der Waals surface area contributed by atoms with E-state index in [0.29, 0.717) is 42.7 Å². The number of aromatic nitrogens is 5. The third-order valence-corrected chi connectivity index (χ3v) is 5.25. The summed E-state index contributed by atoms with van der Waals surface area (Å²) in [5.41, 5.74) is 1.43. The highest BCUT2D eigenvalue weighted by molar-refractivity contribution is 6.03. The first-order chi connectivity index (χ1) is 14.4. The summed E-state index contributed by atoms with van der Waals surface area (Å²) in [6.07, 6.45) is 4.40. The van der Waals surface area contributed by atoms with Gasteiger partial charge >= 0.3 is 6.18 Å². The molecular weight excluding hydrogens is 399 g/mol. The Bertz CT molecular complexity index is 991. The fraction of sp³-hybridized carbons (Fsp3) is 0.474. The SMILES string of the molecule is O=C(NC1CCC(NCCC(F)(F)F)CC1)c1nc(-n2ccnc2)nc2cc[nH]c12. The van der Waals surface area contributed by atoms with Crippen molar-refractivity contribution in [3.63, 3.8) is 0 Å². The van der Waals surface area contributed by atoms with Crippen LogP contribution >= 0.6 is 0 Å². The zero-order valence-electron chi connectivity index (χ0n) is 16.1. The Morgan fingerprint density at radius 1 is 1.20 bits per heavy atom. The molecule has 4 rings (SSSR count). The van der Waals surface area contributed by atoms with Crippen LogP contribution in [0.5, 0.6) is 0 Å². The van der Waals surface area contributed by atoms with E-state index in [1.165, 1.54) is 0 Å². The molecular formula is C19H22F3N7O. The van der Waals surface area contributed by atoms with Gasteiger partial charge in [-0.1, -0.05) is 0 Å². The number of hydrogen-bond donors (Lipinski definition) is 3. The first kappa shape index (κ1) is 20.3. The highest BCUT2D eigenvalue weighted by Gasteiger charge is 2.28. The van der Waals surface area contributed by atoms with E-state index in [0.717, 1.165) is 0 Å². The van der Waals surface area contributed by atoms with Gasteiger partial charge in [-0.25, -0.2) is 15.0 Å². The van der Waals surface area contributed by atoms with E-state index in [1.54, 1.807) is 35.6 Å². The molecule has 3 heterocycles. The van der Waals surface area contributed by atoms with Crippen molar-refractivity contribution in [2.45, 2.75) is 50.4 Å². The highest BCUT2D eigenvalue weighted by Crippen LogP contribution is 2.22. The maximum absolute atomic E-state index is 12.9. The van der Waals surface area contributed by atoms with Crippen molar-refractivity contribution in [3.8, 4) is 5.95 Å². The first-order valence-corrected chi connectivity index (χ1v) is 9.83. The number of carbonyl (C=O) groups excluding carboxylic acids is 1. The number of fused-ring (bicyclic) bond motifs is 1. The Balaban J connectivity index is 1.38. The molecule has 0 aromatic carbocycles. The third kappa shape index (κ3) is 4.78. The van der Waals surface area contributed by atoms with Gasteiger partial charge < -0.3 is 15.6 Å². The smallest absolute Gasteiger partial charge is 0.358 e. The Labute approximate surface area is 170 Å². The number of aromatic amines is 1. The topological polar surface area (TPSA) is 101 Å². The van der Waals surface area contributed by atoms with Crippen LogP contribution in [-0.4, -0.2) is 55.2 Å². The molecule has 0 unspecified atom stereocenters. The molecule has 1 amide bonds. The number of rotatable bonds is 6. The van der Waals surface area contributed by atoms with Crippen LogP contribution < -0.4 is 10.6 Å². The van der Waals surface area contributed by atoms with Crippen LogP contribution in [0.3, 0.4) is 0 Å². The number of amides is 1. The average molecular weight is 421 g/mol. The molecule has 0 bridgehead atoms. The number of imidazole rings is 1. The zero-order valence-corrected chi connectivity index (χ0v) is 16.1. The largest absolute Gasteiger partial charge is 0.390 e. The van der Waals surface area contributed by atoms with Gasteiger partial charge in [0.1, 0.15) is 6.33 Å². The predicted molar refractivity (Wildman–Crippen MR) is 103 cm³/mol. The third-order valence-electron chi connectivity index (χ3n) is 5.25. The molecule has 3 aromatic heterocycles. The van der Waals surface area contributed by atoms with Gasteiger partial charge in [0.25, 0.3) is 5.91 Å². The lowest BCUT2D eigenvalue weighted by atomic mass is 9.91. The number of H-pyrrole nitrogens is 1. The van der Waals surface area contributed by atoms with Crippen LogP contribution in [0.4, 0.5) is 13.2 Å². The van der Waals surface area contributed by atoms with Gasteiger partial charge in [0.05, 0.1) is 17.5 Å². The van der Waals surface area contributed by atoms with Gasteiger partial charge in [0.15, 0.2) is 5.69 Å². The summed E-state index contributed by atoms with van der Waals surface area (Å²) in [6.45, 7) is -0.0754. The van der Waals surface area contributed by atoms with Gasteiger partial charge in [-0.3, -0.25) is 9.36 Å². The lowest BCUT2D eigenvalue weighted by Crippen LogP contribution is -2.43. The normalized spacial score (nSPS) is 19.8. The summed E-state index contributed by atoms with van der Waals surface area (Å²) in [4.78, 5) is 28.8. The molecule has 0 aliphatic heterocycles. The van der Waals surface area contributed by atoms with Crippen LogP contribution in [0.25, 0.3) is 17.0 Å². The fourth-order valence-corrected chi connectivity index (χ4v) is 3.70. The minimum atomic E-state index is -4.14. The lowest BCUT2D eigenvalue weighted by molar-refractivity contribution is -0.133. The second kappa shape index (κ2) is 8.42. The molecule has 0 spiro atoms. The van der Waals surface area contributed by atoms with Crippen molar-refractivity contribution in [2.24, 2.45) is 0 Å². The second-order valence-corrected chi connectivity index (χ2v) is 7.42. The molecule has 1 saturated carbocycles. The minimum Gasteiger partial charge on any atom is -0.358 e. The van der Waals surface area contributed by atoms with Crippen molar-refractivity contribution in [1.29, 1.82) is 0 Å². The summed E-state index contributed by atoms with van der Waals surface area (Å²) >= 11 is 0. The van der Waals surface area contributed by atoms with Crippen LogP contribution in [-0.2, 0) is 0 Å². The van der Waals surface area contributed by atoms with Gasteiger partial charge in [-0.15, -0.1) is 0 Å². The highest BCUT2D eigenvalue weighted by atomic mass is 19.4. The molecule has 30 heavy (non-hydrogen) atoms. The Hall–Kier alpha value is -2.95. The van der Waals surface area contributed by atoms with E-state index in [1.807, 2.05) is 0 Å². The maximum atomic E-state index is 12.9. The number of nitrogens with one attached hydrogen (secondary N) is 3. The van der Waals surface area contributed by atoms with Crippen LogP contribution in [0, 0.1) is 0 Å². The standard InChI is InChI=1S/C19H22F3N7O/c20-19(21,22)6-8-24-12-1-3-13(4-2-12)26-17(30)16-15-14(5-7-25-15)27-18(28-16)29-10-9-23-11-29/h5,7,9-13,24-25H,1-4,6,8H2,(H,26,30). The van der Waals surface area contributed by atoms with E-state index in [9.17, 15) is 18.0 Å². The molecule has 1 aliphatic rings. The van der Waals surface area contributed by atoms with Crippen molar-refractivity contribution in [2.75, 3.05) is 6.54 Å². The molecule has 0 saturated heterocycles. The van der Waals surface area contributed by atoms with Gasteiger partial charge in [0.2, 0.25) is 5.95 Å². The number of alkyl halides is 3. The van der Waals surface area contributed by atoms with E-state index in [-0.39, 0.29) is 30.2 Å². The molecule has 3 aromatic rings.